The number of ether oxygens (including phenoxy) is 2. The molecule has 2 amide bonds. The van der Waals surface area contributed by atoms with Crippen molar-refractivity contribution in [3.63, 3.8) is 0 Å². The second kappa shape index (κ2) is 6.74. The summed E-state index contributed by atoms with van der Waals surface area (Å²) in [6.07, 6.45) is 5.13. The lowest BCUT2D eigenvalue weighted by molar-refractivity contribution is 0.00652. The molecule has 1 aliphatic heterocycles. The summed E-state index contributed by atoms with van der Waals surface area (Å²) >= 11 is 0. The highest BCUT2D eigenvalue weighted by atomic mass is 19.1. The van der Waals surface area contributed by atoms with Gasteiger partial charge in [0.05, 0.1) is 7.11 Å². The molecule has 1 atom stereocenters. The minimum absolute atomic E-state index is 0.0755. The van der Waals surface area contributed by atoms with E-state index in [2.05, 4.69) is 10.6 Å². The highest BCUT2D eigenvalue weighted by molar-refractivity contribution is 5.91. The van der Waals surface area contributed by atoms with E-state index in [1.165, 1.54) is 13.2 Å². The van der Waals surface area contributed by atoms with Crippen molar-refractivity contribution in [3.8, 4) is 5.75 Å². The van der Waals surface area contributed by atoms with Crippen LogP contribution >= 0.6 is 0 Å². The Morgan fingerprint density at radius 1 is 1.35 bits per heavy atom. The summed E-state index contributed by atoms with van der Waals surface area (Å²) < 4.78 is 24.5. The van der Waals surface area contributed by atoms with Crippen LogP contribution in [0.5, 0.6) is 5.75 Å². The van der Waals surface area contributed by atoms with Gasteiger partial charge in [0, 0.05) is 19.3 Å². The molecule has 0 radical (unpaired) electrons. The summed E-state index contributed by atoms with van der Waals surface area (Å²) in [6.45, 7) is 1.50. The van der Waals surface area contributed by atoms with Gasteiger partial charge in [-0.3, -0.25) is 0 Å². The van der Waals surface area contributed by atoms with Crippen molar-refractivity contribution < 1.29 is 18.7 Å². The molecular formula is C17H23FN2O3. The van der Waals surface area contributed by atoms with Crippen LogP contribution in [0.4, 0.5) is 14.9 Å². The fourth-order valence-electron chi connectivity index (χ4n) is 3.84. The largest absolute Gasteiger partial charge is 0.494 e. The van der Waals surface area contributed by atoms with Gasteiger partial charge in [-0.2, -0.15) is 0 Å². The molecule has 2 aliphatic rings. The first-order valence-corrected chi connectivity index (χ1v) is 8.12. The van der Waals surface area contributed by atoms with Gasteiger partial charge in [0.1, 0.15) is 11.4 Å². The summed E-state index contributed by atoms with van der Waals surface area (Å²) in [7, 11) is 1.45. The summed E-state index contributed by atoms with van der Waals surface area (Å²) in [6, 6.07) is 4.20. The minimum Gasteiger partial charge on any atom is -0.494 e. The maximum atomic E-state index is 13.9. The monoisotopic (exact) mass is 322 g/mol. The average molecular weight is 322 g/mol. The van der Waals surface area contributed by atoms with Gasteiger partial charge in [-0.15, -0.1) is 0 Å². The van der Waals surface area contributed by atoms with E-state index in [1.54, 1.807) is 12.1 Å². The SMILES string of the molecule is COc1cccc(F)c1NC(=O)N[C@@H]1CCCC12CCOCC2. The van der Waals surface area contributed by atoms with E-state index < -0.39 is 5.82 Å². The van der Waals surface area contributed by atoms with Crippen LogP contribution in [0.25, 0.3) is 0 Å². The molecule has 1 aromatic carbocycles. The third-order valence-corrected chi connectivity index (χ3v) is 5.13. The summed E-state index contributed by atoms with van der Waals surface area (Å²) in [5.41, 5.74) is 0.209. The third kappa shape index (κ3) is 3.27. The smallest absolute Gasteiger partial charge is 0.319 e. The fraction of sp³-hybridized carbons (Fsp3) is 0.588. The Morgan fingerprint density at radius 3 is 2.87 bits per heavy atom. The Morgan fingerprint density at radius 2 is 2.13 bits per heavy atom. The fourth-order valence-corrected chi connectivity index (χ4v) is 3.84. The van der Waals surface area contributed by atoms with Crippen molar-refractivity contribution in [2.45, 2.75) is 38.1 Å². The maximum absolute atomic E-state index is 13.9. The van der Waals surface area contributed by atoms with Gasteiger partial charge in [0.15, 0.2) is 5.82 Å². The van der Waals surface area contributed by atoms with Crippen molar-refractivity contribution in [2.24, 2.45) is 5.41 Å². The standard InChI is InChI=1S/C17H23FN2O3/c1-22-13-5-2-4-12(18)15(13)20-16(21)19-14-6-3-7-17(14)8-10-23-11-9-17/h2,4-5,14H,3,6-11H2,1H3,(H2,19,20,21)/t14-/m1/s1. The Kier molecular flexibility index (Phi) is 4.71. The number of carbonyl (C=O) groups excluding carboxylic acids is 1. The number of urea groups is 1. The molecule has 23 heavy (non-hydrogen) atoms. The van der Waals surface area contributed by atoms with E-state index in [1.807, 2.05) is 0 Å². The number of hydrogen-bond donors (Lipinski definition) is 2. The normalized spacial score (nSPS) is 22.8. The zero-order valence-electron chi connectivity index (χ0n) is 13.4. The Labute approximate surface area is 135 Å². The van der Waals surface area contributed by atoms with Crippen molar-refractivity contribution >= 4 is 11.7 Å². The predicted molar refractivity (Wildman–Crippen MR) is 85.2 cm³/mol. The van der Waals surface area contributed by atoms with E-state index in [0.29, 0.717) is 5.75 Å². The van der Waals surface area contributed by atoms with Gasteiger partial charge in [-0.1, -0.05) is 12.5 Å². The zero-order chi connectivity index (χ0) is 16.3. The molecule has 2 fully saturated rings. The van der Waals surface area contributed by atoms with Gasteiger partial charge >= 0.3 is 6.03 Å². The Balaban J connectivity index is 1.68. The number of amides is 2. The first-order chi connectivity index (χ1) is 11.1. The van der Waals surface area contributed by atoms with Crippen LogP contribution in [0, 0.1) is 11.2 Å². The molecule has 5 nitrogen and oxygen atoms in total. The van der Waals surface area contributed by atoms with Crippen LogP contribution in [0.3, 0.4) is 0 Å². The lowest BCUT2D eigenvalue weighted by atomic mass is 9.75. The molecule has 0 aromatic heterocycles. The Hall–Kier alpha value is -1.82. The number of halogens is 1. The van der Waals surface area contributed by atoms with Crippen LogP contribution in [0.15, 0.2) is 18.2 Å². The van der Waals surface area contributed by atoms with Gasteiger partial charge in [0.25, 0.3) is 0 Å². The lowest BCUT2D eigenvalue weighted by Crippen LogP contribution is -2.48. The number of hydrogen-bond acceptors (Lipinski definition) is 3. The number of nitrogens with one attached hydrogen (secondary N) is 2. The van der Waals surface area contributed by atoms with Crippen LogP contribution in [0.1, 0.15) is 32.1 Å². The molecule has 1 aromatic rings. The highest BCUT2D eigenvalue weighted by Crippen LogP contribution is 2.46. The summed E-state index contributed by atoms with van der Waals surface area (Å²) in [4.78, 5) is 12.3. The second-order valence-electron chi connectivity index (χ2n) is 6.34. The quantitative estimate of drug-likeness (QED) is 0.897. The molecule has 126 valence electrons. The number of benzene rings is 1. The average Bonchev–Trinajstić information content (AvgIpc) is 2.92. The van der Waals surface area contributed by atoms with Gasteiger partial charge in [-0.05, 0) is 43.2 Å². The van der Waals surface area contributed by atoms with Crippen molar-refractivity contribution in [2.75, 3.05) is 25.6 Å². The first-order valence-electron chi connectivity index (χ1n) is 8.12. The van der Waals surface area contributed by atoms with E-state index >= 15 is 0 Å². The first kappa shape index (κ1) is 16.1. The van der Waals surface area contributed by atoms with Gasteiger partial charge in [-0.25, -0.2) is 9.18 Å². The summed E-state index contributed by atoms with van der Waals surface area (Å²) in [5, 5.41) is 5.64. The summed E-state index contributed by atoms with van der Waals surface area (Å²) in [5.74, 6) is -0.195. The molecule has 1 heterocycles. The molecule has 1 saturated carbocycles. The number of carbonyl (C=O) groups is 1. The number of methoxy groups -OCH3 is 1. The number of para-hydroxylation sites is 1. The molecule has 2 N–H and O–H groups in total. The van der Waals surface area contributed by atoms with E-state index in [0.717, 1.165) is 45.3 Å². The number of anilines is 1. The van der Waals surface area contributed by atoms with Crippen molar-refractivity contribution in [1.82, 2.24) is 5.32 Å². The topological polar surface area (TPSA) is 59.6 Å². The second-order valence-corrected chi connectivity index (χ2v) is 6.34. The molecular weight excluding hydrogens is 299 g/mol. The predicted octanol–water partition coefficient (Wildman–Crippen LogP) is 3.31. The lowest BCUT2D eigenvalue weighted by Gasteiger charge is -2.39. The highest BCUT2D eigenvalue weighted by Gasteiger charge is 2.44. The van der Waals surface area contributed by atoms with E-state index in [9.17, 15) is 9.18 Å². The zero-order valence-corrected chi connectivity index (χ0v) is 13.4. The van der Waals surface area contributed by atoms with Gasteiger partial charge in [0.2, 0.25) is 0 Å². The molecule has 1 aliphatic carbocycles. The molecule has 1 saturated heterocycles. The van der Waals surface area contributed by atoms with Crippen LogP contribution < -0.4 is 15.4 Å². The van der Waals surface area contributed by atoms with Crippen LogP contribution in [-0.2, 0) is 4.74 Å². The molecule has 0 unspecified atom stereocenters. The van der Waals surface area contributed by atoms with Crippen LogP contribution in [0.2, 0.25) is 0 Å². The van der Waals surface area contributed by atoms with Crippen molar-refractivity contribution in [3.05, 3.63) is 24.0 Å². The van der Waals surface area contributed by atoms with E-state index in [-0.39, 0.29) is 23.2 Å². The van der Waals surface area contributed by atoms with Crippen molar-refractivity contribution in [1.29, 1.82) is 0 Å². The Bertz CT molecular complexity index is 573. The third-order valence-electron chi connectivity index (χ3n) is 5.13. The van der Waals surface area contributed by atoms with E-state index in [4.69, 9.17) is 9.47 Å². The van der Waals surface area contributed by atoms with Gasteiger partial charge < -0.3 is 20.1 Å². The molecule has 1 spiro atoms. The maximum Gasteiger partial charge on any atom is 0.319 e. The minimum atomic E-state index is -0.508. The number of rotatable bonds is 3. The molecule has 0 bridgehead atoms. The molecule has 6 heteroatoms. The van der Waals surface area contributed by atoms with Crippen LogP contribution in [-0.4, -0.2) is 32.4 Å². The molecule has 3 rings (SSSR count).